The van der Waals surface area contributed by atoms with Crippen LogP contribution in [0, 0.1) is 0 Å². The number of carbonyl (C=O) groups excluding carboxylic acids is 2. The zero-order chi connectivity index (χ0) is 15.5. The summed E-state index contributed by atoms with van der Waals surface area (Å²) in [6.45, 7) is 2.26. The second-order valence-corrected chi connectivity index (χ2v) is 8.55. The van der Waals surface area contributed by atoms with Crippen molar-refractivity contribution in [3.63, 3.8) is 0 Å². The van der Waals surface area contributed by atoms with Crippen molar-refractivity contribution < 1.29 is 18.0 Å². The molecule has 2 aliphatic heterocycles. The number of hydrogen-bond donors (Lipinski definition) is 2. The summed E-state index contributed by atoms with van der Waals surface area (Å²) in [7, 11) is -3.01. The molecule has 2 rings (SSSR count). The van der Waals surface area contributed by atoms with Crippen molar-refractivity contribution in [2.45, 2.75) is 25.4 Å². The number of hydrogen-bond acceptors (Lipinski definition) is 6. The van der Waals surface area contributed by atoms with E-state index in [1.807, 2.05) is 6.92 Å². The Balaban J connectivity index is 1.83. The SMILES string of the molecule is CCN(CC(=O)NC1CCS(=O)(=O)C1)C(=O)C1CSCN1. The molecule has 2 atom stereocenters. The highest BCUT2D eigenvalue weighted by molar-refractivity contribution is 7.99. The van der Waals surface area contributed by atoms with Crippen LogP contribution in [0.4, 0.5) is 0 Å². The maximum absolute atomic E-state index is 12.2. The lowest BCUT2D eigenvalue weighted by atomic mass is 10.2. The quantitative estimate of drug-likeness (QED) is 0.655. The Labute approximate surface area is 129 Å². The third kappa shape index (κ3) is 4.58. The van der Waals surface area contributed by atoms with E-state index in [2.05, 4.69) is 10.6 Å². The van der Waals surface area contributed by atoms with Gasteiger partial charge in [0.25, 0.3) is 0 Å². The van der Waals surface area contributed by atoms with E-state index in [1.54, 1.807) is 11.8 Å². The van der Waals surface area contributed by atoms with E-state index in [-0.39, 0.29) is 41.9 Å². The van der Waals surface area contributed by atoms with Crippen LogP contribution < -0.4 is 10.6 Å². The van der Waals surface area contributed by atoms with Crippen molar-refractivity contribution in [2.75, 3.05) is 36.2 Å². The molecule has 2 fully saturated rings. The van der Waals surface area contributed by atoms with Crippen molar-refractivity contribution in [3.05, 3.63) is 0 Å². The highest BCUT2D eigenvalue weighted by atomic mass is 32.2. The maximum atomic E-state index is 12.2. The van der Waals surface area contributed by atoms with Crippen molar-refractivity contribution in [1.29, 1.82) is 0 Å². The van der Waals surface area contributed by atoms with E-state index in [0.717, 1.165) is 11.6 Å². The highest BCUT2D eigenvalue weighted by Crippen LogP contribution is 2.13. The summed E-state index contributed by atoms with van der Waals surface area (Å²) in [5.41, 5.74) is 0. The van der Waals surface area contributed by atoms with Gasteiger partial charge in [-0.15, -0.1) is 11.8 Å². The molecule has 2 N–H and O–H groups in total. The van der Waals surface area contributed by atoms with Crippen LogP contribution in [-0.4, -0.2) is 73.4 Å². The molecule has 120 valence electrons. The first-order chi connectivity index (χ1) is 9.91. The Morgan fingerprint density at radius 2 is 2.19 bits per heavy atom. The van der Waals surface area contributed by atoms with Crippen molar-refractivity contribution in [2.24, 2.45) is 0 Å². The molecule has 0 bridgehead atoms. The largest absolute Gasteiger partial charge is 0.351 e. The number of likely N-dealkylation sites (N-methyl/N-ethyl adjacent to an activating group) is 1. The van der Waals surface area contributed by atoms with Gasteiger partial charge in [0, 0.05) is 24.2 Å². The number of nitrogens with one attached hydrogen (secondary N) is 2. The van der Waals surface area contributed by atoms with E-state index in [0.29, 0.717) is 13.0 Å². The van der Waals surface area contributed by atoms with Crippen molar-refractivity contribution in [3.8, 4) is 0 Å². The molecule has 2 unspecified atom stereocenters. The lowest BCUT2D eigenvalue weighted by Gasteiger charge is -2.24. The van der Waals surface area contributed by atoms with Crippen LogP contribution >= 0.6 is 11.8 Å². The number of nitrogens with zero attached hydrogens (tertiary/aromatic N) is 1. The summed E-state index contributed by atoms with van der Waals surface area (Å²) in [4.78, 5) is 25.7. The summed E-state index contributed by atoms with van der Waals surface area (Å²) in [5, 5.41) is 5.80. The van der Waals surface area contributed by atoms with Gasteiger partial charge in [0.05, 0.1) is 24.1 Å². The number of rotatable bonds is 5. The Morgan fingerprint density at radius 1 is 1.43 bits per heavy atom. The average molecular weight is 335 g/mol. The summed E-state index contributed by atoms with van der Waals surface area (Å²) in [6, 6.07) is -0.550. The minimum Gasteiger partial charge on any atom is -0.351 e. The Bertz CT molecular complexity index is 503. The van der Waals surface area contributed by atoms with Crippen LogP contribution in [0.5, 0.6) is 0 Å². The third-order valence-electron chi connectivity index (χ3n) is 3.64. The van der Waals surface area contributed by atoms with Gasteiger partial charge in [0.2, 0.25) is 11.8 Å². The second-order valence-electron chi connectivity index (χ2n) is 5.29. The Morgan fingerprint density at radius 3 is 2.71 bits per heavy atom. The first-order valence-electron chi connectivity index (χ1n) is 7.01. The van der Waals surface area contributed by atoms with Crippen LogP contribution in [0.25, 0.3) is 0 Å². The molecule has 0 aromatic rings. The number of amides is 2. The molecule has 7 nitrogen and oxygen atoms in total. The number of carbonyl (C=O) groups is 2. The van der Waals surface area contributed by atoms with Gasteiger partial charge < -0.3 is 10.2 Å². The summed E-state index contributed by atoms with van der Waals surface area (Å²) in [5.74, 6) is 1.23. The molecule has 2 saturated heterocycles. The maximum Gasteiger partial charge on any atom is 0.241 e. The molecule has 0 saturated carbocycles. The van der Waals surface area contributed by atoms with Crippen LogP contribution in [0.15, 0.2) is 0 Å². The molecule has 2 amide bonds. The molecule has 2 heterocycles. The molecule has 0 spiro atoms. The van der Waals surface area contributed by atoms with Gasteiger partial charge in [0.1, 0.15) is 0 Å². The lowest BCUT2D eigenvalue weighted by molar-refractivity contribution is -0.137. The Hall–Kier alpha value is -0.800. The van der Waals surface area contributed by atoms with Gasteiger partial charge in [-0.1, -0.05) is 0 Å². The molecule has 0 radical (unpaired) electrons. The van der Waals surface area contributed by atoms with E-state index < -0.39 is 9.84 Å². The predicted octanol–water partition coefficient (Wildman–Crippen LogP) is -1.20. The first-order valence-corrected chi connectivity index (χ1v) is 9.98. The lowest BCUT2D eigenvalue weighted by Crippen LogP contribution is -2.49. The zero-order valence-electron chi connectivity index (χ0n) is 12.0. The fourth-order valence-electron chi connectivity index (χ4n) is 2.48. The minimum atomic E-state index is -3.01. The standard InChI is InChI=1S/C12H21N3O4S2/c1-2-15(12(17)10-6-20-8-13-10)5-11(16)14-9-3-4-21(18,19)7-9/h9-10,13H,2-8H2,1H3,(H,14,16). The molecular formula is C12H21N3O4S2. The van der Waals surface area contributed by atoms with Gasteiger partial charge in [0.15, 0.2) is 9.84 Å². The van der Waals surface area contributed by atoms with Crippen molar-refractivity contribution >= 4 is 33.4 Å². The topological polar surface area (TPSA) is 95.6 Å². The van der Waals surface area contributed by atoms with Crippen LogP contribution in [0.1, 0.15) is 13.3 Å². The van der Waals surface area contributed by atoms with Crippen LogP contribution in [0.3, 0.4) is 0 Å². The zero-order valence-corrected chi connectivity index (χ0v) is 13.6. The predicted molar refractivity (Wildman–Crippen MR) is 81.7 cm³/mol. The van der Waals surface area contributed by atoms with E-state index >= 15 is 0 Å². The van der Waals surface area contributed by atoms with E-state index in [4.69, 9.17) is 0 Å². The second kappa shape index (κ2) is 6.97. The van der Waals surface area contributed by atoms with E-state index in [1.165, 1.54) is 4.90 Å². The summed E-state index contributed by atoms with van der Waals surface area (Å²) in [6.07, 6.45) is 0.453. The minimum absolute atomic E-state index is 0.000365. The fraction of sp³-hybridized carbons (Fsp3) is 0.833. The molecule has 0 aromatic heterocycles. The van der Waals surface area contributed by atoms with Crippen molar-refractivity contribution in [1.82, 2.24) is 15.5 Å². The molecular weight excluding hydrogens is 314 g/mol. The monoisotopic (exact) mass is 335 g/mol. The Kier molecular flexibility index (Phi) is 5.50. The van der Waals surface area contributed by atoms with Gasteiger partial charge in [-0.25, -0.2) is 8.42 Å². The third-order valence-corrected chi connectivity index (χ3v) is 6.35. The van der Waals surface area contributed by atoms with E-state index in [9.17, 15) is 18.0 Å². The molecule has 0 aromatic carbocycles. The molecule has 0 aliphatic carbocycles. The highest BCUT2D eigenvalue weighted by Gasteiger charge is 2.31. The molecule has 9 heteroatoms. The fourth-order valence-corrected chi connectivity index (χ4v) is 5.08. The summed E-state index contributed by atoms with van der Waals surface area (Å²) >= 11 is 1.66. The normalized spacial score (nSPS) is 27.5. The first kappa shape index (κ1) is 16.6. The van der Waals surface area contributed by atoms with Gasteiger partial charge in [-0.05, 0) is 13.3 Å². The average Bonchev–Trinajstić information content (AvgIpc) is 3.05. The van der Waals surface area contributed by atoms with Crippen LogP contribution in [-0.2, 0) is 19.4 Å². The molecule has 21 heavy (non-hydrogen) atoms. The summed E-state index contributed by atoms with van der Waals surface area (Å²) < 4.78 is 22.7. The number of thioether (sulfide) groups is 1. The van der Waals surface area contributed by atoms with Crippen LogP contribution in [0.2, 0.25) is 0 Å². The van der Waals surface area contributed by atoms with Gasteiger partial charge in [-0.2, -0.15) is 0 Å². The van der Waals surface area contributed by atoms with Gasteiger partial charge >= 0.3 is 0 Å². The van der Waals surface area contributed by atoms with Gasteiger partial charge in [-0.3, -0.25) is 14.9 Å². The smallest absolute Gasteiger partial charge is 0.241 e. The number of sulfone groups is 1. The molecule has 2 aliphatic rings.